The molecule has 7 nitrogen and oxygen atoms in total. The maximum absolute atomic E-state index is 10.8. The average Bonchev–Trinajstić information content (AvgIpc) is 3.15. The van der Waals surface area contributed by atoms with E-state index in [0.29, 0.717) is 23.2 Å². The van der Waals surface area contributed by atoms with Gasteiger partial charge in [-0.25, -0.2) is 4.79 Å². The molecule has 0 unspecified atom stereocenters. The van der Waals surface area contributed by atoms with Gasteiger partial charge in [-0.2, -0.15) is 4.98 Å². The Morgan fingerprint density at radius 1 is 1.43 bits per heavy atom. The van der Waals surface area contributed by atoms with Crippen LogP contribution in [0.2, 0.25) is 0 Å². The normalized spacial score (nSPS) is 10.5. The minimum atomic E-state index is -0.981. The number of hydrogen-bond acceptors (Lipinski definition) is 7. The van der Waals surface area contributed by atoms with E-state index in [4.69, 9.17) is 14.4 Å². The molecule has 3 rings (SSSR count). The van der Waals surface area contributed by atoms with Crippen LogP contribution in [-0.4, -0.2) is 26.2 Å². The van der Waals surface area contributed by atoms with E-state index in [-0.39, 0.29) is 11.5 Å². The zero-order valence-corrected chi connectivity index (χ0v) is 11.4. The van der Waals surface area contributed by atoms with Crippen molar-refractivity contribution in [2.24, 2.45) is 0 Å². The molecule has 0 spiro atoms. The molecule has 21 heavy (non-hydrogen) atoms. The van der Waals surface area contributed by atoms with Crippen molar-refractivity contribution in [3.05, 3.63) is 46.6 Å². The standard InChI is InChI=1S/C13H9N3O4S/c17-13(18)10-5-8(7-21-10)19-6-11-15-12(16-20-11)9-3-1-2-4-14-9/h1-5,7H,6H2,(H,17,18). The van der Waals surface area contributed by atoms with Gasteiger partial charge in [0.15, 0.2) is 6.61 Å². The lowest BCUT2D eigenvalue weighted by atomic mass is 10.3. The van der Waals surface area contributed by atoms with Crippen molar-refractivity contribution in [2.45, 2.75) is 6.61 Å². The molecule has 0 saturated carbocycles. The number of ether oxygens (including phenoxy) is 1. The first-order valence-corrected chi connectivity index (χ1v) is 6.79. The number of aromatic carboxylic acids is 1. The SMILES string of the molecule is O=C(O)c1cc(OCc2nc(-c3ccccn3)no2)cs1. The highest BCUT2D eigenvalue weighted by atomic mass is 32.1. The predicted octanol–water partition coefficient (Wildman–Crippen LogP) is 2.47. The van der Waals surface area contributed by atoms with Crippen LogP contribution in [0.5, 0.6) is 5.75 Å². The molecular formula is C13H9N3O4S. The van der Waals surface area contributed by atoms with E-state index >= 15 is 0 Å². The third-order valence-corrected chi connectivity index (χ3v) is 3.41. The van der Waals surface area contributed by atoms with Crippen LogP contribution in [-0.2, 0) is 6.61 Å². The molecule has 0 aromatic carbocycles. The summed E-state index contributed by atoms with van der Waals surface area (Å²) in [6, 6.07) is 6.84. The second-order valence-corrected chi connectivity index (χ2v) is 4.88. The number of aromatic nitrogens is 3. The molecule has 106 valence electrons. The van der Waals surface area contributed by atoms with Gasteiger partial charge in [0.2, 0.25) is 5.82 Å². The first-order valence-electron chi connectivity index (χ1n) is 5.91. The lowest BCUT2D eigenvalue weighted by Crippen LogP contribution is -1.95. The Kier molecular flexibility index (Phi) is 3.61. The number of carbonyl (C=O) groups is 1. The van der Waals surface area contributed by atoms with Gasteiger partial charge in [0.1, 0.15) is 16.3 Å². The van der Waals surface area contributed by atoms with Crippen molar-refractivity contribution < 1.29 is 19.2 Å². The zero-order chi connectivity index (χ0) is 14.7. The molecular weight excluding hydrogens is 294 g/mol. The summed E-state index contributed by atoms with van der Waals surface area (Å²) < 4.78 is 10.5. The van der Waals surface area contributed by atoms with E-state index in [9.17, 15) is 4.79 Å². The predicted molar refractivity (Wildman–Crippen MR) is 73.1 cm³/mol. The van der Waals surface area contributed by atoms with Crippen molar-refractivity contribution in [2.75, 3.05) is 0 Å². The Balaban J connectivity index is 1.66. The van der Waals surface area contributed by atoms with Gasteiger partial charge >= 0.3 is 5.97 Å². The molecule has 0 atom stereocenters. The van der Waals surface area contributed by atoms with Gasteiger partial charge in [0.05, 0.1) is 0 Å². The van der Waals surface area contributed by atoms with Crippen LogP contribution in [0.4, 0.5) is 0 Å². The Hall–Kier alpha value is -2.74. The Labute approximate surface area is 122 Å². The molecule has 3 heterocycles. The van der Waals surface area contributed by atoms with E-state index in [0.717, 1.165) is 11.3 Å². The fraction of sp³-hybridized carbons (Fsp3) is 0.0769. The van der Waals surface area contributed by atoms with Gasteiger partial charge in [-0.3, -0.25) is 4.98 Å². The van der Waals surface area contributed by atoms with Crippen LogP contribution in [0.3, 0.4) is 0 Å². The molecule has 0 aliphatic rings. The lowest BCUT2D eigenvalue weighted by Gasteiger charge is -1.97. The highest BCUT2D eigenvalue weighted by Crippen LogP contribution is 2.22. The molecule has 0 fully saturated rings. The Morgan fingerprint density at radius 3 is 3.05 bits per heavy atom. The molecule has 0 saturated heterocycles. The van der Waals surface area contributed by atoms with E-state index < -0.39 is 5.97 Å². The summed E-state index contributed by atoms with van der Waals surface area (Å²) in [5.74, 6) is 0.143. The van der Waals surface area contributed by atoms with E-state index in [2.05, 4.69) is 15.1 Å². The zero-order valence-electron chi connectivity index (χ0n) is 10.6. The van der Waals surface area contributed by atoms with E-state index in [1.165, 1.54) is 6.07 Å². The van der Waals surface area contributed by atoms with Crippen molar-refractivity contribution in [1.29, 1.82) is 0 Å². The second-order valence-electron chi connectivity index (χ2n) is 3.97. The summed E-state index contributed by atoms with van der Waals surface area (Å²) in [6.45, 7) is 0.0651. The van der Waals surface area contributed by atoms with Gasteiger partial charge < -0.3 is 14.4 Å². The number of nitrogens with zero attached hydrogens (tertiary/aromatic N) is 3. The van der Waals surface area contributed by atoms with E-state index in [1.807, 2.05) is 6.07 Å². The smallest absolute Gasteiger partial charge is 0.346 e. The fourth-order valence-corrected chi connectivity index (χ4v) is 2.23. The summed E-state index contributed by atoms with van der Waals surface area (Å²) >= 11 is 1.09. The quantitative estimate of drug-likeness (QED) is 0.773. The monoisotopic (exact) mass is 303 g/mol. The molecule has 0 aliphatic carbocycles. The molecule has 3 aromatic heterocycles. The van der Waals surface area contributed by atoms with Gasteiger partial charge in [0.25, 0.3) is 5.89 Å². The number of hydrogen-bond donors (Lipinski definition) is 1. The first-order chi connectivity index (χ1) is 10.2. The third kappa shape index (κ3) is 3.06. The summed E-state index contributed by atoms with van der Waals surface area (Å²) in [4.78, 5) is 19.2. The highest BCUT2D eigenvalue weighted by Gasteiger charge is 2.11. The molecule has 8 heteroatoms. The van der Waals surface area contributed by atoms with E-state index in [1.54, 1.807) is 23.7 Å². The van der Waals surface area contributed by atoms with Crippen molar-refractivity contribution >= 4 is 17.3 Å². The van der Waals surface area contributed by atoms with Crippen LogP contribution >= 0.6 is 11.3 Å². The fourth-order valence-electron chi connectivity index (χ4n) is 1.56. The molecule has 0 radical (unpaired) electrons. The number of thiophene rings is 1. The minimum Gasteiger partial charge on any atom is -0.483 e. The highest BCUT2D eigenvalue weighted by molar-refractivity contribution is 7.12. The number of carboxylic acid groups (broad SMARTS) is 1. The van der Waals surface area contributed by atoms with Crippen molar-refractivity contribution in [3.8, 4) is 17.3 Å². The largest absolute Gasteiger partial charge is 0.483 e. The van der Waals surface area contributed by atoms with Crippen molar-refractivity contribution in [1.82, 2.24) is 15.1 Å². The number of carboxylic acids is 1. The lowest BCUT2D eigenvalue weighted by molar-refractivity contribution is 0.0702. The summed E-state index contributed by atoms with van der Waals surface area (Å²) in [5, 5.41) is 14.2. The Bertz CT molecular complexity index is 754. The first kappa shape index (κ1) is 13.3. The number of rotatable bonds is 5. The van der Waals surface area contributed by atoms with Crippen LogP contribution in [0, 0.1) is 0 Å². The summed E-state index contributed by atoms with van der Waals surface area (Å²) in [5.41, 5.74) is 0.608. The van der Waals surface area contributed by atoms with Gasteiger partial charge in [-0.1, -0.05) is 11.2 Å². The van der Waals surface area contributed by atoms with Crippen LogP contribution in [0.25, 0.3) is 11.5 Å². The average molecular weight is 303 g/mol. The summed E-state index contributed by atoms with van der Waals surface area (Å²) in [7, 11) is 0. The minimum absolute atomic E-state index is 0.0651. The molecule has 1 N–H and O–H groups in total. The summed E-state index contributed by atoms with van der Waals surface area (Å²) in [6.07, 6.45) is 1.64. The molecule has 0 aliphatic heterocycles. The van der Waals surface area contributed by atoms with Gasteiger partial charge in [0, 0.05) is 17.6 Å². The topological polar surface area (TPSA) is 98.3 Å². The number of pyridine rings is 1. The maximum Gasteiger partial charge on any atom is 0.346 e. The molecule has 0 bridgehead atoms. The molecule has 0 amide bonds. The maximum atomic E-state index is 10.8. The Morgan fingerprint density at radius 2 is 2.33 bits per heavy atom. The van der Waals surface area contributed by atoms with Crippen LogP contribution in [0.15, 0.2) is 40.4 Å². The third-order valence-electron chi connectivity index (χ3n) is 2.51. The van der Waals surface area contributed by atoms with Crippen LogP contribution < -0.4 is 4.74 Å². The van der Waals surface area contributed by atoms with Crippen molar-refractivity contribution in [3.63, 3.8) is 0 Å². The van der Waals surface area contributed by atoms with Gasteiger partial charge in [-0.15, -0.1) is 11.3 Å². The van der Waals surface area contributed by atoms with Gasteiger partial charge in [-0.05, 0) is 12.1 Å². The van der Waals surface area contributed by atoms with Crippen LogP contribution in [0.1, 0.15) is 15.6 Å². The molecule has 3 aromatic rings. The second kappa shape index (κ2) is 5.71.